The van der Waals surface area contributed by atoms with Gasteiger partial charge in [0.15, 0.2) is 0 Å². The molecule has 0 N–H and O–H groups in total. The normalized spacial score (nSPS) is 41.8. The van der Waals surface area contributed by atoms with E-state index in [1.807, 2.05) is 0 Å². The summed E-state index contributed by atoms with van der Waals surface area (Å²) < 4.78 is 0. The van der Waals surface area contributed by atoms with Crippen molar-refractivity contribution >= 4 is 25.1 Å². The van der Waals surface area contributed by atoms with Crippen LogP contribution in [-0.4, -0.2) is 8.07 Å². The molecule has 0 aromatic rings. The molecule has 0 nitrogen and oxygen atoms in total. The summed E-state index contributed by atoms with van der Waals surface area (Å²) in [6.07, 6.45) is 20.8. The molecule has 2 saturated carbocycles. The monoisotopic (exact) mass is 556 g/mol. The van der Waals surface area contributed by atoms with Gasteiger partial charge in [-0.1, -0.05) is 95.8 Å². The van der Waals surface area contributed by atoms with Crippen molar-refractivity contribution < 1.29 is 20.8 Å². The molecule has 0 radical (unpaired) electrons. The Kier molecular flexibility index (Phi) is 11.8. The van der Waals surface area contributed by atoms with Crippen molar-refractivity contribution in [2.75, 3.05) is 0 Å². The molecule has 2 fully saturated rings. The Morgan fingerprint density at radius 1 is 0.677 bits per heavy atom. The summed E-state index contributed by atoms with van der Waals surface area (Å²) in [7, 11) is 8.43. The van der Waals surface area contributed by atoms with Crippen LogP contribution in [0.5, 0.6) is 0 Å². The second-order valence-corrected chi connectivity index (χ2v) is 19.2. The van der Waals surface area contributed by atoms with Crippen molar-refractivity contribution in [3.05, 3.63) is 63.5 Å². The third-order valence-electron chi connectivity index (χ3n) is 9.14. The molecule has 4 rings (SSSR count). The van der Waals surface area contributed by atoms with E-state index in [9.17, 15) is 0 Å². The summed E-state index contributed by atoms with van der Waals surface area (Å²) in [5.41, 5.74) is 1.88. The van der Waals surface area contributed by atoms with E-state index in [-0.39, 0.29) is 14.9 Å². The van der Waals surface area contributed by atoms with E-state index in [0.717, 1.165) is 58.4 Å². The van der Waals surface area contributed by atoms with Crippen LogP contribution in [0, 0.1) is 62.2 Å². The SMILES string of the molecule is CCC1C(C)C2C=CC=CC2C1[Si](C)(C)C1C(C)C2C=CC=CC2C1C.[CH3-].[CH3-].[Cl][Zr+2][Cl]. The molecule has 0 heterocycles. The van der Waals surface area contributed by atoms with Gasteiger partial charge >= 0.3 is 37.9 Å². The Bertz CT molecular complexity index is 659. The Morgan fingerprint density at radius 3 is 1.42 bits per heavy atom. The van der Waals surface area contributed by atoms with Crippen LogP contribution < -0.4 is 0 Å². The van der Waals surface area contributed by atoms with E-state index in [2.05, 4.69) is 89.4 Å². The topological polar surface area (TPSA) is 0 Å². The molecule has 0 aromatic heterocycles. The molecular weight excluding hydrogens is 515 g/mol. The van der Waals surface area contributed by atoms with E-state index in [1.54, 1.807) is 0 Å². The van der Waals surface area contributed by atoms with Crippen LogP contribution in [-0.2, 0) is 20.8 Å². The molecule has 4 aliphatic rings. The van der Waals surface area contributed by atoms with Crippen LogP contribution in [0.25, 0.3) is 0 Å². The van der Waals surface area contributed by atoms with Crippen molar-refractivity contribution in [2.24, 2.45) is 47.3 Å². The van der Waals surface area contributed by atoms with Crippen LogP contribution in [0.4, 0.5) is 0 Å². The Labute approximate surface area is 213 Å². The van der Waals surface area contributed by atoms with Crippen LogP contribution >= 0.6 is 17.0 Å². The van der Waals surface area contributed by atoms with Gasteiger partial charge in [0.1, 0.15) is 0 Å². The summed E-state index contributed by atoms with van der Waals surface area (Å²) in [4.78, 5) is 0. The number of allylic oxidation sites excluding steroid dienone is 8. The van der Waals surface area contributed by atoms with E-state index in [0.29, 0.717) is 0 Å². The second kappa shape index (κ2) is 12.4. The molecule has 0 aromatic carbocycles. The summed E-state index contributed by atoms with van der Waals surface area (Å²) >= 11 is -0.826. The first-order chi connectivity index (χ1) is 13.8. The number of fused-ring (bicyclic) bond motifs is 2. The van der Waals surface area contributed by atoms with Crippen LogP contribution in [0.1, 0.15) is 34.1 Å². The Balaban J connectivity index is 0.000000910. The van der Waals surface area contributed by atoms with Crippen LogP contribution in [0.2, 0.25) is 24.2 Å². The van der Waals surface area contributed by atoms with Crippen molar-refractivity contribution in [1.82, 2.24) is 0 Å². The maximum absolute atomic E-state index is 4.93. The number of hydrogen-bond donors (Lipinski definition) is 0. The van der Waals surface area contributed by atoms with Gasteiger partial charge in [0.2, 0.25) is 0 Å². The summed E-state index contributed by atoms with van der Waals surface area (Å²) in [5, 5.41) is 0. The maximum atomic E-state index is 4.93. The number of hydrogen-bond acceptors (Lipinski definition) is 0. The molecule has 9 atom stereocenters. The fourth-order valence-electron chi connectivity index (χ4n) is 8.33. The standard InChI is InChI=1S/C25H38Si.2CH3.2ClH.Zr/c1-7-19-16(2)20-12-10-11-15-23(20)25(19)26(5,6)24-17(3)21-13-8-9-14-22(21)18(24)4;;;;;/h8-25H,7H2,1-6H3;2*1H3;2*1H;/q;2*-1;;;+4/p-2. The van der Waals surface area contributed by atoms with Gasteiger partial charge in [-0.2, -0.15) is 0 Å². The molecular formula is C27H44Cl2SiZr. The minimum atomic E-state index is -1.44. The third kappa shape index (κ3) is 5.33. The first kappa shape index (κ1) is 29.7. The van der Waals surface area contributed by atoms with Crippen LogP contribution in [0.15, 0.2) is 48.6 Å². The fourth-order valence-corrected chi connectivity index (χ4v) is 14.9. The van der Waals surface area contributed by atoms with Gasteiger partial charge in [-0.15, -0.1) is 0 Å². The zero-order valence-electron chi connectivity index (χ0n) is 20.9. The number of halogens is 2. The van der Waals surface area contributed by atoms with Crippen molar-refractivity contribution in [1.29, 1.82) is 0 Å². The molecule has 4 heteroatoms. The summed E-state index contributed by atoms with van der Waals surface area (Å²) in [5.74, 6) is 6.59. The van der Waals surface area contributed by atoms with Gasteiger partial charge in [0, 0.05) is 0 Å². The molecule has 0 aliphatic heterocycles. The molecule has 0 bridgehead atoms. The summed E-state index contributed by atoms with van der Waals surface area (Å²) in [6, 6.07) is 0. The molecule has 174 valence electrons. The van der Waals surface area contributed by atoms with Gasteiger partial charge in [0.25, 0.3) is 0 Å². The van der Waals surface area contributed by atoms with E-state index in [4.69, 9.17) is 17.0 Å². The first-order valence-electron chi connectivity index (χ1n) is 11.5. The van der Waals surface area contributed by atoms with Gasteiger partial charge in [0.05, 0.1) is 8.07 Å². The van der Waals surface area contributed by atoms with Gasteiger partial charge < -0.3 is 14.9 Å². The molecule has 0 spiro atoms. The van der Waals surface area contributed by atoms with Crippen molar-refractivity contribution in [2.45, 2.75) is 58.3 Å². The van der Waals surface area contributed by atoms with Gasteiger partial charge in [-0.3, -0.25) is 0 Å². The Hall–Kier alpha value is 0.640. The van der Waals surface area contributed by atoms with E-state index >= 15 is 0 Å². The van der Waals surface area contributed by atoms with Crippen LogP contribution in [0.3, 0.4) is 0 Å². The first-order valence-corrected chi connectivity index (χ1v) is 21.0. The summed E-state index contributed by atoms with van der Waals surface area (Å²) in [6.45, 7) is 15.7. The van der Waals surface area contributed by atoms with Crippen molar-refractivity contribution in [3.8, 4) is 0 Å². The second-order valence-electron chi connectivity index (χ2n) is 10.4. The molecule has 4 aliphatic carbocycles. The van der Waals surface area contributed by atoms with Gasteiger partial charge in [-0.25, -0.2) is 0 Å². The minimum absolute atomic E-state index is 0. The average molecular weight is 559 g/mol. The zero-order chi connectivity index (χ0) is 21.3. The van der Waals surface area contributed by atoms with E-state index in [1.165, 1.54) is 6.42 Å². The predicted octanol–water partition coefficient (Wildman–Crippen LogP) is 9.39. The molecule has 9 unspecified atom stereocenters. The average Bonchev–Trinajstić information content (AvgIpc) is 3.15. The number of rotatable bonds is 3. The van der Waals surface area contributed by atoms with Gasteiger partial charge in [-0.05, 0) is 58.4 Å². The third-order valence-corrected chi connectivity index (χ3v) is 14.4. The molecule has 31 heavy (non-hydrogen) atoms. The van der Waals surface area contributed by atoms with Crippen molar-refractivity contribution in [3.63, 3.8) is 0 Å². The zero-order valence-corrected chi connectivity index (χ0v) is 25.8. The van der Waals surface area contributed by atoms with E-state index < -0.39 is 28.9 Å². The predicted molar refractivity (Wildman–Crippen MR) is 141 cm³/mol. The fraction of sp³-hybridized carbons (Fsp3) is 0.630. The Morgan fingerprint density at radius 2 is 1.03 bits per heavy atom. The quantitative estimate of drug-likeness (QED) is 0.239. The molecule has 0 amide bonds. The molecule has 0 saturated heterocycles.